The van der Waals surface area contributed by atoms with Gasteiger partial charge in [-0.1, -0.05) is 111 Å². The third-order valence-corrected chi connectivity index (χ3v) is 9.00. The summed E-state index contributed by atoms with van der Waals surface area (Å²) in [6.07, 6.45) is 1.95. The highest BCUT2D eigenvalue weighted by molar-refractivity contribution is 7.95. The molecule has 3 rings (SSSR count). The van der Waals surface area contributed by atoms with E-state index in [1.807, 2.05) is 18.2 Å². The second-order valence-corrected chi connectivity index (χ2v) is 10.2. The topological polar surface area (TPSA) is 17.1 Å². The average molecular weight is 374 g/mol. The molecule has 0 bridgehead atoms. The maximum Gasteiger partial charge on any atom is 0.159 e. The number of benzene rings is 3. The SMILES string of the molecule is CCCC(C)C(=O)C=P(c1ccccc1)(c1ccccc1)c1ccccc1. The van der Waals surface area contributed by atoms with Crippen LogP contribution in [0.4, 0.5) is 0 Å². The Kier molecular flexibility index (Phi) is 6.48. The minimum Gasteiger partial charge on any atom is -0.294 e. The Morgan fingerprint density at radius 1 is 0.778 bits per heavy atom. The predicted octanol–water partition coefficient (Wildman–Crippen LogP) is 4.79. The summed E-state index contributed by atoms with van der Waals surface area (Å²) in [5.74, 6) is 2.36. The van der Waals surface area contributed by atoms with Gasteiger partial charge in [-0.15, -0.1) is 0 Å². The van der Waals surface area contributed by atoms with Gasteiger partial charge in [0.15, 0.2) is 5.78 Å². The van der Waals surface area contributed by atoms with Crippen LogP contribution < -0.4 is 15.9 Å². The lowest BCUT2D eigenvalue weighted by Gasteiger charge is -2.29. The fourth-order valence-electron chi connectivity index (χ4n) is 3.55. The van der Waals surface area contributed by atoms with Crippen molar-refractivity contribution in [1.29, 1.82) is 0 Å². The molecule has 0 aliphatic heterocycles. The van der Waals surface area contributed by atoms with Crippen LogP contribution >= 0.6 is 6.89 Å². The number of hydrogen-bond acceptors (Lipinski definition) is 1. The number of carbonyl (C=O) groups is 1. The quantitative estimate of drug-likeness (QED) is 0.544. The van der Waals surface area contributed by atoms with Crippen LogP contribution in [0.1, 0.15) is 26.7 Å². The molecule has 2 heteroatoms. The Bertz CT molecular complexity index is 811. The first-order valence-electron chi connectivity index (χ1n) is 9.64. The lowest BCUT2D eigenvalue weighted by atomic mass is 10.0. The van der Waals surface area contributed by atoms with E-state index in [0.29, 0.717) is 0 Å². The maximum absolute atomic E-state index is 13.2. The molecule has 1 unspecified atom stereocenters. The van der Waals surface area contributed by atoms with Gasteiger partial charge < -0.3 is 0 Å². The highest BCUT2D eigenvalue weighted by atomic mass is 31.2. The Labute approximate surface area is 163 Å². The summed E-state index contributed by atoms with van der Waals surface area (Å²) >= 11 is 0. The molecule has 138 valence electrons. The Morgan fingerprint density at radius 2 is 1.15 bits per heavy atom. The largest absolute Gasteiger partial charge is 0.294 e. The van der Waals surface area contributed by atoms with E-state index >= 15 is 0 Å². The van der Waals surface area contributed by atoms with Gasteiger partial charge in [-0.3, -0.25) is 4.79 Å². The third-order valence-electron chi connectivity index (χ3n) is 5.02. The van der Waals surface area contributed by atoms with Crippen molar-refractivity contribution in [3.8, 4) is 0 Å². The second kappa shape index (κ2) is 9.02. The van der Waals surface area contributed by atoms with Gasteiger partial charge in [0.2, 0.25) is 0 Å². The molecular weight excluding hydrogens is 347 g/mol. The summed E-state index contributed by atoms with van der Waals surface area (Å²) in [4.78, 5) is 13.2. The third kappa shape index (κ3) is 4.15. The van der Waals surface area contributed by atoms with Gasteiger partial charge in [0.25, 0.3) is 0 Å². The molecule has 0 spiro atoms. The predicted molar refractivity (Wildman–Crippen MR) is 120 cm³/mol. The lowest BCUT2D eigenvalue weighted by Crippen LogP contribution is -2.29. The molecule has 1 atom stereocenters. The van der Waals surface area contributed by atoms with Crippen molar-refractivity contribution in [2.75, 3.05) is 0 Å². The molecule has 0 saturated heterocycles. The highest BCUT2D eigenvalue weighted by Gasteiger charge is 2.27. The van der Waals surface area contributed by atoms with E-state index in [9.17, 15) is 4.79 Å². The second-order valence-electron chi connectivity index (χ2n) is 6.95. The normalized spacial score (nSPS) is 12.4. The van der Waals surface area contributed by atoms with Crippen molar-refractivity contribution in [3.63, 3.8) is 0 Å². The molecule has 3 aromatic rings. The van der Waals surface area contributed by atoms with Crippen LogP contribution in [0, 0.1) is 5.92 Å². The van der Waals surface area contributed by atoms with Gasteiger partial charge in [-0.05, 0) is 35.0 Å². The summed E-state index contributed by atoms with van der Waals surface area (Å²) in [5, 5.41) is 3.67. The Hall–Kier alpha value is -2.37. The minimum absolute atomic E-state index is 0.0468. The van der Waals surface area contributed by atoms with Gasteiger partial charge in [-0.2, -0.15) is 0 Å². The molecule has 0 amide bonds. The van der Waals surface area contributed by atoms with Crippen molar-refractivity contribution in [1.82, 2.24) is 0 Å². The van der Waals surface area contributed by atoms with Crippen molar-refractivity contribution in [2.24, 2.45) is 5.92 Å². The zero-order valence-electron chi connectivity index (χ0n) is 16.1. The summed E-state index contributed by atoms with van der Waals surface area (Å²) < 4.78 is 0. The van der Waals surface area contributed by atoms with Crippen LogP contribution in [-0.2, 0) is 4.79 Å². The standard InChI is InChI=1S/C25H27OP/c1-3-13-21(2)25(26)20-27(22-14-7-4-8-15-22,23-16-9-5-10-17-23)24-18-11-6-12-19-24/h4-12,14-21H,3,13H2,1-2H3. The molecule has 27 heavy (non-hydrogen) atoms. The zero-order valence-corrected chi connectivity index (χ0v) is 17.0. The lowest BCUT2D eigenvalue weighted by molar-refractivity contribution is -0.115. The van der Waals surface area contributed by atoms with Crippen molar-refractivity contribution in [3.05, 3.63) is 91.0 Å². The fourth-order valence-corrected chi connectivity index (χ4v) is 7.46. The van der Waals surface area contributed by atoms with Crippen LogP contribution in [0.25, 0.3) is 0 Å². The number of hydrogen-bond donors (Lipinski definition) is 0. The van der Waals surface area contributed by atoms with Crippen LogP contribution in [0.15, 0.2) is 91.0 Å². The van der Waals surface area contributed by atoms with E-state index < -0.39 is 6.89 Å². The first kappa shape index (κ1) is 19.4. The van der Waals surface area contributed by atoms with E-state index in [1.54, 1.807) is 0 Å². The van der Waals surface area contributed by atoms with Gasteiger partial charge in [0.05, 0.1) is 0 Å². The molecule has 0 aliphatic carbocycles. The molecule has 0 fully saturated rings. The van der Waals surface area contributed by atoms with Gasteiger partial charge in [0, 0.05) is 5.92 Å². The first-order chi connectivity index (χ1) is 13.2. The minimum atomic E-state index is -2.16. The Balaban J connectivity index is 2.35. The van der Waals surface area contributed by atoms with Crippen molar-refractivity contribution in [2.45, 2.75) is 26.7 Å². The number of rotatable bonds is 7. The molecule has 0 N–H and O–H groups in total. The molecule has 0 aliphatic rings. The van der Waals surface area contributed by atoms with E-state index in [1.165, 1.54) is 15.9 Å². The first-order valence-corrected chi connectivity index (χ1v) is 11.5. The molecule has 3 aromatic carbocycles. The Morgan fingerprint density at radius 3 is 1.48 bits per heavy atom. The van der Waals surface area contributed by atoms with Crippen LogP contribution in [0.2, 0.25) is 0 Å². The van der Waals surface area contributed by atoms with Gasteiger partial charge >= 0.3 is 0 Å². The number of Topliss-reactive ketones (excluding diaryl/α,β-unsaturated/α-hetero) is 1. The number of ketones is 1. The molecule has 1 nitrogen and oxygen atoms in total. The summed E-state index contributed by atoms with van der Waals surface area (Å²) in [7, 11) is 0. The van der Waals surface area contributed by atoms with Crippen LogP contribution in [-0.4, -0.2) is 11.6 Å². The summed E-state index contributed by atoms with van der Waals surface area (Å²) in [5.41, 5.74) is 0. The van der Waals surface area contributed by atoms with Crippen molar-refractivity contribution < 1.29 is 4.79 Å². The molecule has 0 radical (unpaired) electrons. The summed E-state index contributed by atoms with van der Waals surface area (Å²) in [6.45, 7) is 2.03. The zero-order chi connectivity index (χ0) is 19.1. The molecule has 0 aromatic heterocycles. The van der Waals surface area contributed by atoms with Crippen LogP contribution in [0.3, 0.4) is 0 Å². The molecular formula is C25H27OP. The van der Waals surface area contributed by atoms with Gasteiger partial charge in [0.1, 0.15) is 0 Å². The maximum atomic E-state index is 13.2. The smallest absolute Gasteiger partial charge is 0.159 e. The van der Waals surface area contributed by atoms with E-state index in [4.69, 9.17) is 0 Å². The monoisotopic (exact) mass is 374 g/mol. The highest BCUT2D eigenvalue weighted by Crippen LogP contribution is 2.43. The molecule has 0 heterocycles. The molecule has 0 saturated carbocycles. The van der Waals surface area contributed by atoms with Gasteiger partial charge in [-0.25, -0.2) is 0 Å². The van der Waals surface area contributed by atoms with E-state index in [0.717, 1.165) is 12.8 Å². The number of carbonyl (C=O) groups excluding carboxylic acids is 1. The average Bonchev–Trinajstić information content (AvgIpc) is 2.74. The fraction of sp³-hybridized carbons (Fsp3) is 0.200. The van der Waals surface area contributed by atoms with Crippen LogP contribution in [0.5, 0.6) is 0 Å². The van der Waals surface area contributed by atoms with E-state index in [2.05, 4.69) is 92.4 Å². The van der Waals surface area contributed by atoms with E-state index in [-0.39, 0.29) is 11.7 Å². The van der Waals surface area contributed by atoms with Crippen molar-refractivity contribution >= 4 is 34.4 Å². The summed E-state index contributed by atoms with van der Waals surface area (Å²) in [6, 6.07) is 31.6.